The number of nitrogens with one attached hydrogen (secondary N) is 2. The standard InChI is InChI=1S/C16H21N3O/c1-19-15-7-3-2-6-13(15)14(9-16(19)20)18-11-12-5-4-8-17-10-12/h2-3,6-7,9,12,17-18H,4-5,8,10-11H2,1H3. The van der Waals surface area contributed by atoms with Crippen LogP contribution in [0.5, 0.6) is 0 Å². The highest BCUT2D eigenvalue weighted by atomic mass is 16.1. The first-order valence-corrected chi connectivity index (χ1v) is 7.29. The quantitative estimate of drug-likeness (QED) is 0.897. The summed E-state index contributed by atoms with van der Waals surface area (Å²) < 4.78 is 1.70. The second-order valence-corrected chi connectivity index (χ2v) is 5.57. The minimum atomic E-state index is 0.0352. The molecule has 0 bridgehead atoms. The highest BCUT2D eigenvalue weighted by Gasteiger charge is 2.13. The highest BCUT2D eigenvalue weighted by Crippen LogP contribution is 2.21. The minimum absolute atomic E-state index is 0.0352. The first-order chi connectivity index (χ1) is 9.75. The zero-order chi connectivity index (χ0) is 13.9. The van der Waals surface area contributed by atoms with Crippen LogP contribution in [0.2, 0.25) is 0 Å². The molecule has 1 unspecified atom stereocenters. The molecule has 106 valence electrons. The summed E-state index contributed by atoms with van der Waals surface area (Å²) in [5, 5.41) is 8.00. The summed E-state index contributed by atoms with van der Waals surface area (Å²) in [6.07, 6.45) is 2.49. The van der Waals surface area contributed by atoms with Crippen molar-refractivity contribution in [3.05, 3.63) is 40.7 Å². The SMILES string of the molecule is Cn1c(=O)cc(NCC2CCCNC2)c2ccccc21. The van der Waals surface area contributed by atoms with Gasteiger partial charge < -0.3 is 15.2 Å². The van der Waals surface area contributed by atoms with E-state index in [0.717, 1.165) is 36.2 Å². The van der Waals surface area contributed by atoms with Gasteiger partial charge in [0, 0.05) is 30.7 Å². The van der Waals surface area contributed by atoms with Gasteiger partial charge in [0.1, 0.15) is 0 Å². The number of para-hydroxylation sites is 1. The smallest absolute Gasteiger partial charge is 0.252 e. The van der Waals surface area contributed by atoms with Crippen molar-refractivity contribution < 1.29 is 0 Å². The van der Waals surface area contributed by atoms with Crippen LogP contribution >= 0.6 is 0 Å². The van der Waals surface area contributed by atoms with Crippen molar-refractivity contribution in [1.29, 1.82) is 0 Å². The number of benzene rings is 1. The Kier molecular flexibility index (Phi) is 3.74. The van der Waals surface area contributed by atoms with Gasteiger partial charge in [-0.05, 0) is 37.9 Å². The lowest BCUT2D eigenvalue weighted by atomic mass is 9.99. The van der Waals surface area contributed by atoms with Gasteiger partial charge in [0.25, 0.3) is 5.56 Å². The summed E-state index contributed by atoms with van der Waals surface area (Å²) >= 11 is 0. The minimum Gasteiger partial charge on any atom is -0.384 e. The van der Waals surface area contributed by atoms with E-state index in [2.05, 4.69) is 16.7 Å². The average molecular weight is 271 g/mol. The Hall–Kier alpha value is -1.81. The van der Waals surface area contributed by atoms with Gasteiger partial charge in [-0.2, -0.15) is 0 Å². The van der Waals surface area contributed by atoms with Gasteiger partial charge in [-0.1, -0.05) is 18.2 Å². The molecular formula is C16H21N3O. The van der Waals surface area contributed by atoms with Crippen molar-refractivity contribution in [2.24, 2.45) is 13.0 Å². The van der Waals surface area contributed by atoms with Crippen LogP contribution in [0.4, 0.5) is 5.69 Å². The zero-order valence-electron chi connectivity index (χ0n) is 11.9. The molecule has 3 rings (SSSR count). The molecule has 2 N–H and O–H groups in total. The summed E-state index contributed by atoms with van der Waals surface area (Å²) in [5.41, 5.74) is 1.96. The summed E-state index contributed by atoms with van der Waals surface area (Å²) in [6, 6.07) is 9.75. The number of pyridine rings is 1. The fourth-order valence-electron chi connectivity index (χ4n) is 2.91. The lowest BCUT2D eigenvalue weighted by Crippen LogP contribution is -2.33. The second-order valence-electron chi connectivity index (χ2n) is 5.57. The number of rotatable bonds is 3. The van der Waals surface area contributed by atoms with Crippen molar-refractivity contribution in [2.75, 3.05) is 25.0 Å². The lowest BCUT2D eigenvalue weighted by Gasteiger charge is -2.23. The van der Waals surface area contributed by atoms with E-state index in [9.17, 15) is 4.79 Å². The summed E-state index contributed by atoms with van der Waals surface area (Å²) in [6.45, 7) is 3.12. The third-order valence-corrected chi connectivity index (χ3v) is 4.13. The van der Waals surface area contributed by atoms with Crippen molar-refractivity contribution in [2.45, 2.75) is 12.8 Å². The van der Waals surface area contributed by atoms with Crippen LogP contribution in [-0.4, -0.2) is 24.2 Å². The number of aryl methyl sites for hydroxylation is 1. The van der Waals surface area contributed by atoms with Crippen LogP contribution in [-0.2, 0) is 7.05 Å². The maximum atomic E-state index is 12.0. The molecule has 1 aromatic heterocycles. The van der Waals surface area contributed by atoms with Gasteiger partial charge >= 0.3 is 0 Å². The zero-order valence-corrected chi connectivity index (χ0v) is 11.9. The van der Waals surface area contributed by atoms with Crippen LogP contribution in [0.25, 0.3) is 10.9 Å². The molecular weight excluding hydrogens is 250 g/mol. The number of hydrogen-bond acceptors (Lipinski definition) is 3. The normalized spacial score (nSPS) is 19.1. The van der Waals surface area contributed by atoms with Crippen molar-refractivity contribution >= 4 is 16.6 Å². The first kappa shape index (κ1) is 13.2. The van der Waals surface area contributed by atoms with Gasteiger partial charge in [0.2, 0.25) is 0 Å². The number of aromatic nitrogens is 1. The van der Waals surface area contributed by atoms with E-state index < -0.39 is 0 Å². The van der Waals surface area contributed by atoms with E-state index in [-0.39, 0.29) is 5.56 Å². The molecule has 4 heteroatoms. The van der Waals surface area contributed by atoms with Crippen LogP contribution in [0.1, 0.15) is 12.8 Å². The summed E-state index contributed by atoms with van der Waals surface area (Å²) in [5.74, 6) is 0.645. The number of piperidine rings is 1. The van der Waals surface area contributed by atoms with Gasteiger partial charge in [-0.25, -0.2) is 0 Å². The highest BCUT2D eigenvalue weighted by molar-refractivity contribution is 5.91. The first-order valence-electron chi connectivity index (χ1n) is 7.29. The Morgan fingerprint density at radius 3 is 3.05 bits per heavy atom. The van der Waals surface area contributed by atoms with Crippen LogP contribution in [0, 0.1) is 5.92 Å². The van der Waals surface area contributed by atoms with E-state index in [1.807, 2.05) is 25.2 Å². The number of anilines is 1. The molecule has 1 aliphatic rings. The summed E-state index contributed by atoms with van der Waals surface area (Å²) in [7, 11) is 1.82. The van der Waals surface area contributed by atoms with E-state index in [4.69, 9.17) is 0 Å². The molecule has 4 nitrogen and oxygen atoms in total. The largest absolute Gasteiger partial charge is 0.384 e. The van der Waals surface area contributed by atoms with Crippen LogP contribution < -0.4 is 16.2 Å². The summed E-state index contributed by atoms with van der Waals surface area (Å²) in [4.78, 5) is 12.0. The number of nitrogens with zero attached hydrogens (tertiary/aromatic N) is 1. The van der Waals surface area contributed by atoms with Crippen molar-refractivity contribution in [1.82, 2.24) is 9.88 Å². The molecule has 0 aliphatic carbocycles. The molecule has 2 aromatic rings. The number of hydrogen-bond donors (Lipinski definition) is 2. The Balaban J connectivity index is 1.87. The molecule has 0 radical (unpaired) electrons. The van der Waals surface area contributed by atoms with Gasteiger partial charge in [0.05, 0.1) is 5.52 Å². The molecule has 1 atom stereocenters. The van der Waals surface area contributed by atoms with E-state index in [0.29, 0.717) is 5.92 Å². The third kappa shape index (κ3) is 2.56. The van der Waals surface area contributed by atoms with Gasteiger partial charge in [-0.3, -0.25) is 4.79 Å². The van der Waals surface area contributed by atoms with E-state index in [1.165, 1.54) is 12.8 Å². The molecule has 0 saturated carbocycles. The third-order valence-electron chi connectivity index (χ3n) is 4.13. The maximum absolute atomic E-state index is 12.0. The average Bonchev–Trinajstić information content (AvgIpc) is 2.50. The van der Waals surface area contributed by atoms with Crippen molar-refractivity contribution in [3.8, 4) is 0 Å². The Labute approximate surface area is 118 Å². The number of fused-ring (bicyclic) bond motifs is 1. The molecule has 1 aromatic carbocycles. The predicted molar refractivity (Wildman–Crippen MR) is 83.3 cm³/mol. The van der Waals surface area contributed by atoms with Crippen LogP contribution in [0.3, 0.4) is 0 Å². The monoisotopic (exact) mass is 271 g/mol. The maximum Gasteiger partial charge on any atom is 0.252 e. The Morgan fingerprint density at radius 1 is 1.40 bits per heavy atom. The fraction of sp³-hybridized carbons (Fsp3) is 0.438. The molecule has 1 saturated heterocycles. The fourth-order valence-corrected chi connectivity index (χ4v) is 2.91. The second kappa shape index (κ2) is 5.67. The van der Waals surface area contributed by atoms with E-state index in [1.54, 1.807) is 10.6 Å². The molecule has 0 amide bonds. The predicted octanol–water partition coefficient (Wildman–Crippen LogP) is 1.95. The lowest BCUT2D eigenvalue weighted by molar-refractivity contribution is 0.393. The molecule has 20 heavy (non-hydrogen) atoms. The van der Waals surface area contributed by atoms with Gasteiger partial charge in [-0.15, -0.1) is 0 Å². The Bertz CT molecular complexity index is 656. The molecule has 0 spiro atoms. The topological polar surface area (TPSA) is 46.1 Å². The van der Waals surface area contributed by atoms with Gasteiger partial charge in [0.15, 0.2) is 0 Å². The molecule has 1 aliphatic heterocycles. The molecule has 1 fully saturated rings. The van der Waals surface area contributed by atoms with Crippen LogP contribution in [0.15, 0.2) is 35.1 Å². The Morgan fingerprint density at radius 2 is 2.25 bits per heavy atom. The van der Waals surface area contributed by atoms with E-state index >= 15 is 0 Å². The van der Waals surface area contributed by atoms with Crippen molar-refractivity contribution in [3.63, 3.8) is 0 Å². The molecule has 2 heterocycles.